The van der Waals surface area contributed by atoms with Gasteiger partial charge in [-0.2, -0.15) is 0 Å². The van der Waals surface area contributed by atoms with E-state index in [9.17, 15) is 4.79 Å². The maximum absolute atomic E-state index is 12.9. The monoisotopic (exact) mass is 342 g/mol. The first kappa shape index (κ1) is 14.3. The molecule has 0 saturated carbocycles. The molecule has 3 aliphatic rings. The fourth-order valence-electron chi connectivity index (χ4n) is 4.10. The van der Waals surface area contributed by atoms with Crippen LogP contribution in [0.4, 0.5) is 4.79 Å². The van der Waals surface area contributed by atoms with Crippen LogP contribution in [-0.4, -0.2) is 29.4 Å². The van der Waals surface area contributed by atoms with Gasteiger partial charge in [0.15, 0.2) is 0 Å². The molecule has 3 atom stereocenters. The van der Waals surface area contributed by atoms with E-state index in [2.05, 4.69) is 11.4 Å². The number of hydrogen-bond acceptors (Lipinski definition) is 4. The van der Waals surface area contributed by atoms with Crippen molar-refractivity contribution in [2.45, 2.75) is 37.3 Å². The predicted octanol–water partition coefficient (Wildman–Crippen LogP) is 3.28. The molecule has 6 heteroatoms. The lowest BCUT2D eigenvalue weighted by molar-refractivity contribution is -0.226. The summed E-state index contributed by atoms with van der Waals surface area (Å²) in [5.41, 5.74) is 0.285. The van der Waals surface area contributed by atoms with E-state index in [-0.39, 0.29) is 18.2 Å². The Balaban J connectivity index is 1.62. The average Bonchev–Trinajstić information content (AvgIpc) is 3.11. The molecule has 124 valence electrons. The molecule has 0 aliphatic carbocycles. The number of ether oxygens (including phenoxy) is 2. The molecule has 5 nitrogen and oxygen atoms in total. The zero-order valence-corrected chi connectivity index (χ0v) is 13.9. The van der Waals surface area contributed by atoms with Crippen molar-refractivity contribution in [3.8, 4) is 5.75 Å². The lowest BCUT2D eigenvalue weighted by atomic mass is 9.82. The lowest BCUT2D eigenvalue weighted by Crippen LogP contribution is -2.74. The van der Waals surface area contributed by atoms with Crippen LogP contribution in [0.3, 0.4) is 0 Å². The van der Waals surface area contributed by atoms with E-state index >= 15 is 0 Å². The number of amides is 2. The molecule has 2 saturated heterocycles. The van der Waals surface area contributed by atoms with Crippen LogP contribution in [0.1, 0.15) is 29.3 Å². The zero-order chi connectivity index (χ0) is 16.1. The van der Waals surface area contributed by atoms with E-state index in [1.54, 1.807) is 11.3 Å². The number of nitrogens with zero attached hydrogens (tertiary/aromatic N) is 1. The number of thiophene rings is 1. The molecule has 2 amide bonds. The third kappa shape index (κ3) is 1.93. The smallest absolute Gasteiger partial charge is 0.321 e. The van der Waals surface area contributed by atoms with Gasteiger partial charge in [-0.1, -0.05) is 24.3 Å². The van der Waals surface area contributed by atoms with Gasteiger partial charge in [0, 0.05) is 23.5 Å². The van der Waals surface area contributed by atoms with E-state index in [4.69, 9.17) is 9.47 Å². The summed E-state index contributed by atoms with van der Waals surface area (Å²) < 4.78 is 12.6. The molecule has 2 bridgehead atoms. The van der Waals surface area contributed by atoms with Crippen LogP contribution in [0, 0.1) is 0 Å². The van der Waals surface area contributed by atoms with Gasteiger partial charge in [-0.25, -0.2) is 4.79 Å². The summed E-state index contributed by atoms with van der Waals surface area (Å²) in [4.78, 5) is 15.8. The fraction of sp³-hybridized carbons (Fsp3) is 0.389. The van der Waals surface area contributed by atoms with Crippen molar-refractivity contribution in [1.29, 1.82) is 0 Å². The SMILES string of the molecule is O=C1NC2c3ccccc3OC3(CCCOC23)N1Cc1cccs1. The number of nitrogens with one attached hydrogen (secondary N) is 1. The van der Waals surface area contributed by atoms with E-state index in [1.165, 1.54) is 0 Å². The first-order valence-corrected chi connectivity index (χ1v) is 9.16. The molecule has 2 aromatic rings. The Hall–Kier alpha value is -2.05. The van der Waals surface area contributed by atoms with Crippen LogP contribution >= 0.6 is 11.3 Å². The standard InChI is InChI=1S/C18H18N2O3S/c21-17-19-15-13-6-1-2-7-14(13)23-18(8-4-9-22-16(15)18)20(17)11-12-5-3-10-24-12/h1-3,5-7,10,15-16H,4,8-9,11H2,(H,19,21). The molecule has 5 rings (SSSR count). The topological polar surface area (TPSA) is 50.8 Å². The highest BCUT2D eigenvalue weighted by Gasteiger charge is 2.61. The van der Waals surface area contributed by atoms with Crippen LogP contribution < -0.4 is 10.1 Å². The van der Waals surface area contributed by atoms with Gasteiger partial charge in [0.2, 0.25) is 5.72 Å². The highest BCUT2D eigenvalue weighted by molar-refractivity contribution is 7.09. The number of carbonyl (C=O) groups excluding carboxylic acids is 1. The zero-order valence-electron chi connectivity index (χ0n) is 13.1. The summed E-state index contributed by atoms with van der Waals surface area (Å²) in [6.45, 7) is 1.25. The van der Waals surface area contributed by atoms with Crippen LogP contribution in [-0.2, 0) is 11.3 Å². The van der Waals surface area contributed by atoms with Crippen molar-refractivity contribution < 1.29 is 14.3 Å². The Bertz CT molecular complexity index is 778. The van der Waals surface area contributed by atoms with E-state index in [0.717, 1.165) is 29.0 Å². The average molecular weight is 342 g/mol. The minimum absolute atomic E-state index is 0.0790. The van der Waals surface area contributed by atoms with Crippen LogP contribution in [0.5, 0.6) is 5.75 Å². The highest BCUT2D eigenvalue weighted by Crippen LogP contribution is 2.49. The van der Waals surface area contributed by atoms with Crippen molar-refractivity contribution in [3.05, 3.63) is 52.2 Å². The third-order valence-corrected chi connectivity index (χ3v) is 6.00. The second kappa shape index (κ2) is 5.22. The molecule has 1 aromatic heterocycles. The second-order valence-electron chi connectivity index (χ2n) is 6.47. The van der Waals surface area contributed by atoms with E-state index < -0.39 is 5.72 Å². The predicted molar refractivity (Wildman–Crippen MR) is 89.9 cm³/mol. The normalized spacial score (nSPS) is 30.8. The molecule has 0 spiro atoms. The van der Waals surface area contributed by atoms with Gasteiger partial charge in [0.1, 0.15) is 11.9 Å². The highest BCUT2D eigenvalue weighted by atomic mass is 32.1. The first-order valence-electron chi connectivity index (χ1n) is 8.28. The maximum atomic E-state index is 12.9. The maximum Gasteiger partial charge on any atom is 0.321 e. The van der Waals surface area contributed by atoms with Crippen LogP contribution in [0.2, 0.25) is 0 Å². The van der Waals surface area contributed by atoms with Gasteiger partial charge in [-0.05, 0) is 23.9 Å². The first-order chi connectivity index (χ1) is 11.8. The molecule has 3 aliphatic heterocycles. The van der Waals surface area contributed by atoms with Crippen molar-refractivity contribution in [2.75, 3.05) is 6.61 Å². The molecule has 4 heterocycles. The largest absolute Gasteiger partial charge is 0.465 e. The number of benzene rings is 1. The van der Waals surface area contributed by atoms with Crippen LogP contribution in [0.15, 0.2) is 41.8 Å². The van der Waals surface area contributed by atoms with Crippen molar-refractivity contribution in [3.63, 3.8) is 0 Å². The molecule has 24 heavy (non-hydrogen) atoms. The van der Waals surface area contributed by atoms with Crippen molar-refractivity contribution in [2.24, 2.45) is 0 Å². The van der Waals surface area contributed by atoms with Gasteiger partial charge < -0.3 is 14.8 Å². The number of fused-ring (bicyclic) bond motifs is 2. The number of hydrogen-bond donors (Lipinski definition) is 1. The van der Waals surface area contributed by atoms with Gasteiger partial charge >= 0.3 is 6.03 Å². The van der Waals surface area contributed by atoms with Crippen LogP contribution in [0.25, 0.3) is 0 Å². The third-order valence-electron chi connectivity index (χ3n) is 5.14. The minimum Gasteiger partial charge on any atom is -0.465 e. The molecular weight excluding hydrogens is 324 g/mol. The number of para-hydroxylation sites is 1. The van der Waals surface area contributed by atoms with Gasteiger partial charge in [0.05, 0.1) is 12.6 Å². The van der Waals surface area contributed by atoms with Gasteiger partial charge in [0.25, 0.3) is 0 Å². The summed E-state index contributed by atoms with van der Waals surface area (Å²) in [5.74, 6) is 0.848. The Kier molecular flexibility index (Phi) is 3.11. The molecule has 2 fully saturated rings. The minimum atomic E-state index is -0.719. The van der Waals surface area contributed by atoms with Gasteiger partial charge in [-0.15, -0.1) is 11.3 Å². The summed E-state index contributed by atoms with van der Waals surface area (Å²) >= 11 is 1.65. The molecule has 0 radical (unpaired) electrons. The van der Waals surface area contributed by atoms with E-state index in [1.807, 2.05) is 40.6 Å². The van der Waals surface area contributed by atoms with Crippen molar-refractivity contribution >= 4 is 17.4 Å². The Morgan fingerprint density at radius 3 is 3.08 bits per heavy atom. The summed E-state index contributed by atoms with van der Waals surface area (Å²) in [6.07, 6.45) is 1.50. The summed E-state index contributed by atoms with van der Waals surface area (Å²) in [7, 11) is 0. The molecule has 1 aromatic carbocycles. The van der Waals surface area contributed by atoms with E-state index in [0.29, 0.717) is 13.2 Å². The molecular formula is C18H18N2O3S. The summed E-state index contributed by atoms with van der Waals surface area (Å²) in [5, 5.41) is 5.18. The Morgan fingerprint density at radius 2 is 2.21 bits per heavy atom. The summed E-state index contributed by atoms with van der Waals surface area (Å²) in [6, 6.07) is 11.8. The van der Waals surface area contributed by atoms with Crippen molar-refractivity contribution in [1.82, 2.24) is 10.2 Å². The Labute approximate surface area is 144 Å². The molecule has 1 N–H and O–H groups in total. The fourth-order valence-corrected chi connectivity index (χ4v) is 4.79. The molecule has 3 unspecified atom stereocenters. The quantitative estimate of drug-likeness (QED) is 0.911. The number of carbonyl (C=O) groups is 1. The number of urea groups is 1. The van der Waals surface area contributed by atoms with Gasteiger partial charge in [-0.3, -0.25) is 4.90 Å². The lowest BCUT2D eigenvalue weighted by Gasteiger charge is -2.58. The Morgan fingerprint density at radius 1 is 1.29 bits per heavy atom. The number of rotatable bonds is 2. The second-order valence-corrected chi connectivity index (χ2v) is 7.50.